The van der Waals surface area contributed by atoms with Crippen molar-refractivity contribution in [1.29, 1.82) is 0 Å². The van der Waals surface area contributed by atoms with Crippen molar-refractivity contribution in [3.8, 4) is 0 Å². The monoisotopic (exact) mass is 248 g/mol. The minimum atomic E-state index is 0.663. The summed E-state index contributed by atoms with van der Waals surface area (Å²) in [6.07, 6.45) is 2.25. The summed E-state index contributed by atoms with van der Waals surface area (Å²) in [5.74, 6) is 1.06. The highest BCUT2D eigenvalue weighted by Gasteiger charge is 2.10. The van der Waals surface area contributed by atoms with Crippen LogP contribution >= 0.6 is 11.8 Å². The van der Waals surface area contributed by atoms with Crippen molar-refractivity contribution < 1.29 is 0 Å². The van der Waals surface area contributed by atoms with E-state index in [0.29, 0.717) is 5.25 Å². The van der Waals surface area contributed by atoms with Crippen LogP contribution in [0.25, 0.3) is 10.9 Å². The molecular formula is C14H20N2S. The van der Waals surface area contributed by atoms with Crippen molar-refractivity contribution >= 4 is 28.4 Å². The van der Waals surface area contributed by atoms with E-state index in [4.69, 9.17) is 5.73 Å². The largest absolute Gasteiger partial charge is 0.397 e. The lowest BCUT2D eigenvalue weighted by atomic mass is 10.2. The number of hydrogen-bond acceptors (Lipinski definition) is 2. The molecule has 2 aromatic rings. The van der Waals surface area contributed by atoms with Gasteiger partial charge in [-0.1, -0.05) is 26.0 Å². The van der Waals surface area contributed by atoms with Gasteiger partial charge in [0.05, 0.1) is 11.2 Å². The number of hydrogen-bond donors (Lipinski definition) is 1. The molecule has 0 saturated carbocycles. The highest BCUT2D eigenvalue weighted by Crippen LogP contribution is 2.29. The van der Waals surface area contributed by atoms with Crippen LogP contribution in [0.2, 0.25) is 0 Å². The van der Waals surface area contributed by atoms with Crippen LogP contribution in [0.4, 0.5) is 5.69 Å². The molecule has 2 N–H and O–H groups in total. The number of nitrogen functional groups attached to an aromatic ring is 1. The van der Waals surface area contributed by atoms with Crippen LogP contribution in [0.15, 0.2) is 24.4 Å². The molecule has 2 rings (SSSR count). The molecule has 17 heavy (non-hydrogen) atoms. The molecule has 1 aromatic carbocycles. The molecule has 0 unspecified atom stereocenters. The van der Waals surface area contributed by atoms with Crippen molar-refractivity contribution in [2.45, 2.75) is 38.3 Å². The lowest BCUT2D eigenvalue weighted by Crippen LogP contribution is -1.95. The fourth-order valence-electron chi connectivity index (χ4n) is 2.08. The quantitative estimate of drug-likeness (QED) is 0.832. The van der Waals surface area contributed by atoms with Crippen LogP contribution in [-0.2, 0) is 12.3 Å². The van der Waals surface area contributed by atoms with Crippen LogP contribution in [0, 0.1) is 0 Å². The lowest BCUT2D eigenvalue weighted by molar-refractivity contribution is 0.795. The van der Waals surface area contributed by atoms with Gasteiger partial charge in [-0.05, 0) is 23.8 Å². The maximum absolute atomic E-state index is 6.07. The third-order valence-electron chi connectivity index (χ3n) is 2.92. The number of benzene rings is 1. The molecule has 92 valence electrons. The van der Waals surface area contributed by atoms with Crippen molar-refractivity contribution in [2.24, 2.45) is 0 Å². The van der Waals surface area contributed by atoms with Gasteiger partial charge in [-0.15, -0.1) is 0 Å². The molecule has 0 aliphatic carbocycles. The topological polar surface area (TPSA) is 30.9 Å². The molecule has 0 radical (unpaired) electrons. The minimum absolute atomic E-state index is 0.663. The summed E-state index contributed by atoms with van der Waals surface area (Å²) in [5, 5.41) is 1.97. The van der Waals surface area contributed by atoms with Crippen LogP contribution in [0.5, 0.6) is 0 Å². The van der Waals surface area contributed by atoms with E-state index >= 15 is 0 Å². The fraction of sp³-hybridized carbons (Fsp3) is 0.429. The highest BCUT2D eigenvalue weighted by atomic mass is 32.2. The first-order valence-corrected chi connectivity index (χ1v) is 7.16. The molecule has 1 aromatic heterocycles. The van der Waals surface area contributed by atoms with Gasteiger partial charge >= 0.3 is 0 Å². The minimum Gasteiger partial charge on any atom is -0.397 e. The van der Waals surface area contributed by atoms with Crippen molar-refractivity contribution in [3.05, 3.63) is 30.0 Å². The molecule has 2 nitrogen and oxygen atoms in total. The average Bonchev–Trinajstić information content (AvgIpc) is 2.66. The van der Waals surface area contributed by atoms with E-state index in [0.717, 1.165) is 18.0 Å². The molecule has 0 bridgehead atoms. The third-order valence-corrected chi connectivity index (χ3v) is 4.07. The summed E-state index contributed by atoms with van der Waals surface area (Å²) in [6.45, 7) is 7.60. The van der Waals surface area contributed by atoms with E-state index < -0.39 is 0 Å². The van der Waals surface area contributed by atoms with Gasteiger partial charge in [0.2, 0.25) is 0 Å². The first-order valence-electron chi connectivity index (χ1n) is 6.11. The zero-order chi connectivity index (χ0) is 12.4. The number of rotatable bonds is 4. The van der Waals surface area contributed by atoms with E-state index in [-0.39, 0.29) is 0 Å². The van der Waals surface area contributed by atoms with Gasteiger partial charge in [-0.3, -0.25) is 0 Å². The van der Waals surface area contributed by atoms with Gasteiger partial charge in [0.1, 0.15) is 0 Å². The van der Waals surface area contributed by atoms with Crippen molar-refractivity contribution in [3.63, 3.8) is 0 Å². The SMILES string of the molecule is CCn1cc(CSC(C)C)c2cccc(N)c21. The number of aromatic nitrogens is 1. The average molecular weight is 248 g/mol. The normalized spacial score (nSPS) is 11.5. The van der Waals surface area contributed by atoms with Gasteiger partial charge in [-0.25, -0.2) is 0 Å². The lowest BCUT2D eigenvalue weighted by Gasteiger charge is -2.03. The first-order chi connectivity index (χ1) is 8.13. The standard InChI is InChI=1S/C14H20N2S/c1-4-16-8-11(9-17-10(2)3)12-6-5-7-13(15)14(12)16/h5-8,10H,4,9,15H2,1-3H3. The summed E-state index contributed by atoms with van der Waals surface area (Å²) in [5.41, 5.74) is 9.54. The summed E-state index contributed by atoms with van der Waals surface area (Å²) < 4.78 is 2.25. The zero-order valence-corrected chi connectivity index (χ0v) is 11.6. The molecule has 0 spiro atoms. The molecule has 0 atom stereocenters. The Morgan fingerprint density at radius 3 is 2.76 bits per heavy atom. The first kappa shape index (κ1) is 12.4. The van der Waals surface area contributed by atoms with E-state index in [2.05, 4.69) is 37.6 Å². The predicted molar refractivity (Wildman–Crippen MR) is 78.5 cm³/mol. The molecule has 0 aliphatic rings. The Labute approximate surface area is 107 Å². The maximum Gasteiger partial charge on any atom is 0.0716 e. The zero-order valence-electron chi connectivity index (χ0n) is 10.7. The Morgan fingerprint density at radius 2 is 2.12 bits per heavy atom. The number of fused-ring (bicyclic) bond motifs is 1. The molecular weight excluding hydrogens is 228 g/mol. The molecule has 0 saturated heterocycles. The number of nitrogens with two attached hydrogens (primary N) is 1. The van der Waals surface area contributed by atoms with Gasteiger partial charge in [-0.2, -0.15) is 11.8 Å². The second-order valence-corrected chi connectivity index (χ2v) is 6.11. The van der Waals surface area contributed by atoms with E-state index in [1.165, 1.54) is 16.5 Å². The molecule has 3 heteroatoms. The Morgan fingerprint density at radius 1 is 1.35 bits per heavy atom. The third kappa shape index (κ3) is 2.44. The van der Waals surface area contributed by atoms with E-state index in [9.17, 15) is 0 Å². The molecule has 0 fully saturated rings. The summed E-state index contributed by atoms with van der Waals surface area (Å²) >= 11 is 1.97. The van der Waals surface area contributed by atoms with Gasteiger partial charge < -0.3 is 10.3 Å². The number of thioether (sulfide) groups is 1. The molecule has 0 aliphatic heterocycles. The Kier molecular flexibility index (Phi) is 3.67. The fourth-order valence-corrected chi connectivity index (χ4v) is 2.83. The number of nitrogens with zero attached hydrogens (tertiary/aromatic N) is 1. The van der Waals surface area contributed by atoms with Gasteiger partial charge in [0, 0.05) is 23.9 Å². The number of anilines is 1. The van der Waals surface area contributed by atoms with Gasteiger partial charge in [0.15, 0.2) is 0 Å². The maximum atomic E-state index is 6.07. The van der Waals surface area contributed by atoms with Crippen molar-refractivity contribution in [2.75, 3.05) is 5.73 Å². The van der Waals surface area contributed by atoms with Gasteiger partial charge in [0.25, 0.3) is 0 Å². The van der Waals surface area contributed by atoms with Crippen LogP contribution in [0.1, 0.15) is 26.3 Å². The second kappa shape index (κ2) is 5.05. The Bertz CT molecular complexity index is 514. The molecule has 1 heterocycles. The summed E-state index contributed by atoms with van der Waals surface area (Å²) in [4.78, 5) is 0. The second-order valence-electron chi connectivity index (χ2n) is 4.54. The molecule has 0 amide bonds. The van der Waals surface area contributed by atoms with E-state index in [1.807, 2.05) is 23.9 Å². The Hall–Kier alpha value is -1.09. The summed E-state index contributed by atoms with van der Waals surface area (Å²) in [7, 11) is 0. The summed E-state index contributed by atoms with van der Waals surface area (Å²) in [6, 6.07) is 6.20. The highest BCUT2D eigenvalue weighted by molar-refractivity contribution is 7.99. The van der Waals surface area contributed by atoms with Crippen LogP contribution < -0.4 is 5.73 Å². The van der Waals surface area contributed by atoms with Crippen LogP contribution in [-0.4, -0.2) is 9.82 Å². The smallest absolute Gasteiger partial charge is 0.0716 e. The van der Waals surface area contributed by atoms with E-state index in [1.54, 1.807) is 0 Å². The number of aryl methyl sites for hydroxylation is 1. The Balaban J connectivity index is 2.46. The van der Waals surface area contributed by atoms with Crippen LogP contribution in [0.3, 0.4) is 0 Å². The number of para-hydroxylation sites is 1. The predicted octanol–water partition coefficient (Wildman–Crippen LogP) is 3.89. The van der Waals surface area contributed by atoms with Crippen molar-refractivity contribution in [1.82, 2.24) is 4.57 Å².